The molecule has 0 N–H and O–H groups in total. The summed E-state index contributed by atoms with van der Waals surface area (Å²) in [4.78, 5) is 25.3. The summed E-state index contributed by atoms with van der Waals surface area (Å²) >= 11 is 0. The van der Waals surface area contributed by atoms with Crippen LogP contribution in [0.25, 0.3) is 0 Å². The predicted octanol–water partition coefficient (Wildman–Crippen LogP) is 3.94. The molecule has 0 bridgehead atoms. The zero-order valence-electron chi connectivity index (χ0n) is 13.0. The molecular formula is C19H26O2. The van der Waals surface area contributed by atoms with Gasteiger partial charge in [0.05, 0.1) is 0 Å². The largest absolute Gasteiger partial charge is 0.294 e. The lowest BCUT2D eigenvalue weighted by Crippen LogP contribution is -2.49. The first-order chi connectivity index (χ1) is 10.2. The van der Waals surface area contributed by atoms with E-state index in [2.05, 4.69) is 0 Å². The molecule has 0 aromatic carbocycles. The van der Waals surface area contributed by atoms with Crippen LogP contribution in [0.4, 0.5) is 0 Å². The summed E-state index contributed by atoms with van der Waals surface area (Å²) in [6.45, 7) is 1.99. The molecular weight excluding hydrogens is 260 g/mol. The summed E-state index contributed by atoms with van der Waals surface area (Å²) in [5.74, 6) is 3.68. The first kappa shape index (κ1) is 13.7. The number of carbonyl (C=O) groups is 2. The van der Waals surface area contributed by atoms with Crippen molar-refractivity contribution in [3.8, 4) is 0 Å². The molecule has 2 heteroatoms. The first-order valence-corrected chi connectivity index (χ1v) is 8.99. The van der Waals surface area contributed by atoms with E-state index in [1.807, 2.05) is 6.92 Å². The van der Waals surface area contributed by atoms with Gasteiger partial charge in [0.15, 0.2) is 11.6 Å². The minimum atomic E-state index is 0.0247. The normalized spacial score (nSPS) is 45.7. The fraction of sp³-hybridized carbons (Fsp3) is 0.789. The number of rotatable bonds is 1. The molecule has 3 saturated carbocycles. The van der Waals surface area contributed by atoms with E-state index in [1.165, 1.54) is 38.5 Å². The summed E-state index contributed by atoms with van der Waals surface area (Å²) in [6, 6.07) is 0. The molecule has 0 aromatic rings. The highest BCUT2D eigenvalue weighted by Gasteiger charge is 2.52. The smallest absolute Gasteiger partial charge is 0.162 e. The predicted molar refractivity (Wildman–Crippen MR) is 81.6 cm³/mol. The van der Waals surface area contributed by atoms with Crippen LogP contribution in [-0.4, -0.2) is 11.6 Å². The molecule has 114 valence electrons. The minimum Gasteiger partial charge on any atom is -0.294 e. The first-order valence-electron chi connectivity index (χ1n) is 8.99. The highest BCUT2D eigenvalue weighted by atomic mass is 16.1. The fourth-order valence-electron chi connectivity index (χ4n) is 6.21. The number of ketones is 2. The van der Waals surface area contributed by atoms with Crippen molar-refractivity contribution in [2.75, 3.05) is 0 Å². The van der Waals surface area contributed by atoms with Crippen LogP contribution in [-0.2, 0) is 9.59 Å². The monoisotopic (exact) mass is 286 g/mol. The van der Waals surface area contributed by atoms with Gasteiger partial charge >= 0.3 is 0 Å². The van der Waals surface area contributed by atoms with Crippen molar-refractivity contribution >= 4 is 11.6 Å². The van der Waals surface area contributed by atoms with E-state index in [0.29, 0.717) is 18.1 Å². The van der Waals surface area contributed by atoms with Crippen molar-refractivity contribution in [1.82, 2.24) is 0 Å². The van der Waals surface area contributed by atoms with E-state index in [0.717, 1.165) is 29.7 Å². The van der Waals surface area contributed by atoms with Crippen molar-refractivity contribution in [2.24, 2.45) is 35.5 Å². The van der Waals surface area contributed by atoms with Gasteiger partial charge in [-0.05, 0) is 73.8 Å². The Morgan fingerprint density at radius 2 is 1.76 bits per heavy atom. The summed E-state index contributed by atoms with van der Waals surface area (Å²) < 4.78 is 0. The Bertz CT molecular complexity index is 504. The van der Waals surface area contributed by atoms with Crippen molar-refractivity contribution in [2.45, 2.75) is 58.3 Å². The minimum absolute atomic E-state index is 0.0247. The number of hydrogen-bond donors (Lipinski definition) is 0. The fourth-order valence-corrected chi connectivity index (χ4v) is 6.21. The molecule has 2 nitrogen and oxygen atoms in total. The van der Waals surface area contributed by atoms with Gasteiger partial charge in [0, 0.05) is 11.8 Å². The van der Waals surface area contributed by atoms with Crippen LogP contribution in [0, 0.1) is 35.5 Å². The maximum atomic E-state index is 12.7. The van der Waals surface area contributed by atoms with Crippen LogP contribution in [0.15, 0.2) is 11.6 Å². The molecule has 0 heterocycles. The van der Waals surface area contributed by atoms with E-state index in [9.17, 15) is 9.59 Å². The summed E-state index contributed by atoms with van der Waals surface area (Å²) in [5, 5.41) is 0. The molecule has 6 atom stereocenters. The Morgan fingerprint density at radius 1 is 0.952 bits per heavy atom. The highest BCUT2D eigenvalue weighted by molar-refractivity contribution is 6.10. The molecule has 0 aromatic heterocycles. The number of allylic oxidation sites excluding steroid dienone is 2. The Morgan fingerprint density at radius 3 is 2.57 bits per heavy atom. The van der Waals surface area contributed by atoms with Gasteiger partial charge in [-0.1, -0.05) is 19.8 Å². The molecule has 0 radical (unpaired) electrons. The topological polar surface area (TPSA) is 34.1 Å². The van der Waals surface area contributed by atoms with Crippen LogP contribution >= 0.6 is 0 Å². The van der Waals surface area contributed by atoms with E-state index >= 15 is 0 Å². The van der Waals surface area contributed by atoms with Crippen molar-refractivity contribution < 1.29 is 9.59 Å². The lowest BCUT2D eigenvalue weighted by Gasteiger charge is -2.50. The highest BCUT2D eigenvalue weighted by Crippen LogP contribution is 2.56. The zero-order chi connectivity index (χ0) is 14.6. The molecule has 4 aliphatic carbocycles. The lowest BCUT2D eigenvalue weighted by atomic mass is 9.53. The zero-order valence-corrected chi connectivity index (χ0v) is 13.0. The average Bonchev–Trinajstić information content (AvgIpc) is 2.98. The van der Waals surface area contributed by atoms with Gasteiger partial charge in [-0.15, -0.1) is 0 Å². The third-order valence-corrected chi connectivity index (χ3v) is 7.07. The number of hydrogen-bond acceptors (Lipinski definition) is 2. The number of fused-ring (bicyclic) bond motifs is 5. The second-order valence-corrected chi connectivity index (χ2v) is 7.76. The van der Waals surface area contributed by atoms with Crippen molar-refractivity contribution in [1.29, 1.82) is 0 Å². The quantitative estimate of drug-likeness (QED) is 0.731. The molecule has 3 fully saturated rings. The van der Waals surface area contributed by atoms with Crippen LogP contribution in [0.3, 0.4) is 0 Å². The number of carbonyl (C=O) groups excluding carboxylic acids is 2. The van der Waals surface area contributed by atoms with Crippen LogP contribution in [0.5, 0.6) is 0 Å². The SMILES string of the molecule is CCC1=CC(=O)[C@H]2C(CC[C@H]3[C@@H]4CCC[C@H]4CC[C@@H]32)C1=O. The van der Waals surface area contributed by atoms with Gasteiger partial charge in [-0.2, -0.15) is 0 Å². The lowest BCUT2D eigenvalue weighted by molar-refractivity contribution is -0.138. The second kappa shape index (κ2) is 5.07. The van der Waals surface area contributed by atoms with Crippen LogP contribution in [0.1, 0.15) is 58.3 Å². The molecule has 0 saturated heterocycles. The Balaban J connectivity index is 1.65. The molecule has 0 aliphatic heterocycles. The van der Waals surface area contributed by atoms with Gasteiger partial charge in [-0.25, -0.2) is 0 Å². The molecule has 0 amide bonds. The van der Waals surface area contributed by atoms with E-state index in [1.54, 1.807) is 6.08 Å². The maximum absolute atomic E-state index is 12.7. The van der Waals surface area contributed by atoms with Crippen LogP contribution < -0.4 is 0 Å². The summed E-state index contributed by atoms with van der Waals surface area (Å²) in [7, 11) is 0. The Hall–Kier alpha value is -0.920. The van der Waals surface area contributed by atoms with Crippen molar-refractivity contribution in [3.05, 3.63) is 11.6 Å². The second-order valence-electron chi connectivity index (χ2n) is 7.76. The maximum Gasteiger partial charge on any atom is 0.162 e. The third kappa shape index (κ3) is 1.98. The van der Waals surface area contributed by atoms with E-state index in [-0.39, 0.29) is 17.6 Å². The Kier molecular flexibility index (Phi) is 3.31. The third-order valence-electron chi connectivity index (χ3n) is 7.07. The van der Waals surface area contributed by atoms with E-state index in [4.69, 9.17) is 0 Å². The van der Waals surface area contributed by atoms with Crippen LogP contribution in [0.2, 0.25) is 0 Å². The summed E-state index contributed by atoms with van der Waals surface area (Å²) in [5.41, 5.74) is 0.786. The molecule has 21 heavy (non-hydrogen) atoms. The molecule has 4 aliphatic rings. The van der Waals surface area contributed by atoms with Gasteiger partial charge in [0.1, 0.15) is 0 Å². The molecule has 4 rings (SSSR count). The van der Waals surface area contributed by atoms with Gasteiger partial charge in [-0.3, -0.25) is 9.59 Å². The van der Waals surface area contributed by atoms with Crippen molar-refractivity contribution in [3.63, 3.8) is 0 Å². The molecule has 1 unspecified atom stereocenters. The average molecular weight is 286 g/mol. The molecule has 0 spiro atoms. The Labute approximate surface area is 127 Å². The van der Waals surface area contributed by atoms with E-state index < -0.39 is 0 Å². The van der Waals surface area contributed by atoms with Gasteiger partial charge < -0.3 is 0 Å². The standard InChI is InChI=1S/C19H26O2/c1-2-11-10-17(20)18-15-7-6-12-4-3-5-13(12)14(15)8-9-16(18)19(11)21/h10,12-16,18H,2-9H2,1H3/t12-,13+,14-,15-,16?,18+/m0/s1. The van der Waals surface area contributed by atoms with Gasteiger partial charge in [0.25, 0.3) is 0 Å². The number of Topliss-reactive ketones (excluding diaryl/α,β-unsaturated/α-hetero) is 1. The summed E-state index contributed by atoms with van der Waals surface area (Å²) in [6.07, 6.45) is 11.3. The van der Waals surface area contributed by atoms with Gasteiger partial charge in [0.2, 0.25) is 0 Å².